The number of amides is 3. The zero-order valence-electron chi connectivity index (χ0n) is 16.9. The highest BCUT2D eigenvalue weighted by molar-refractivity contribution is 5.85. The van der Waals surface area contributed by atoms with E-state index in [-0.39, 0.29) is 42.6 Å². The summed E-state index contributed by atoms with van der Waals surface area (Å²) in [5.41, 5.74) is 0.603. The number of likely N-dealkylation sites (N-methyl/N-ethyl adjacent to an activating group) is 1. The molecular weight excluding hydrogens is 391 g/mol. The topological polar surface area (TPSA) is 92.5 Å². The van der Waals surface area contributed by atoms with Gasteiger partial charge in [-0.25, -0.2) is 18.7 Å². The predicted octanol–water partition coefficient (Wildman–Crippen LogP) is 0.421. The summed E-state index contributed by atoms with van der Waals surface area (Å²) in [6, 6.07) is 5.80. The van der Waals surface area contributed by atoms with Crippen LogP contribution in [0.1, 0.15) is 24.2 Å². The van der Waals surface area contributed by atoms with E-state index in [1.165, 1.54) is 21.7 Å². The van der Waals surface area contributed by atoms with E-state index in [0.717, 1.165) is 5.56 Å². The van der Waals surface area contributed by atoms with Crippen LogP contribution in [0.5, 0.6) is 0 Å². The fourth-order valence-corrected chi connectivity index (χ4v) is 3.93. The number of aromatic nitrogens is 3. The average molecular weight is 416 g/mol. The van der Waals surface area contributed by atoms with Crippen molar-refractivity contribution >= 4 is 11.9 Å². The highest BCUT2D eigenvalue weighted by atomic mass is 19.1. The summed E-state index contributed by atoms with van der Waals surface area (Å²) in [6.45, 7) is 1.98. The van der Waals surface area contributed by atoms with Gasteiger partial charge in [0.05, 0.1) is 6.54 Å². The van der Waals surface area contributed by atoms with E-state index in [4.69, 9.17) is 0 Å². The van der Waals surface area contributed by atoms with Gasteiger partial charge in [0.1, 0.15) is 18.2 Å². The second-order valence-corrected chi connectivity index (χ2v) is 7.85. The van der Waals surface area contributed by atoms with E-state index in [1.807, 2.05) is 0 Å². The van der Waals surface area contributed by atoms with Gasteiger partial charge in [0.25, 0.3) is 0 Å². The first-order valence-electron chi connectivity index (χ1n) is 10.1. The van der Waals surface area contributed by atoms with E-state index in [2.05, 4.69) is 10.4 Å². The Morgan fingerprint density at radius 3 is 2.63 bits per heavy atom. The number of nitrogens with one attached hydrogen (secondary N) is 1. The van der Waals surface area contributed by atoms with Gasteiger partial charge in [0.15, 0.2) is 0 Å². The number of nitrogens with zero attached hydrogens (tertiary/aromatic N) is 5. The lowest BCUT2D eigenvalue weighted by atomic mass is 10.1. The van der Waals surface area contributed by atoms with E-state index in [1.54, 1.807) is 28.6 Å². The highest BCUT2D eigenvalue weighted by Crippen LogP contribution is 2.13. The van der Waals surface area contributed by atoms with E-state index >= 15 is 0 Å². The van der Waals surface area contributed by atoms with E-state index < -0.39 is 0 Å². The highest BCUT2D eigenvalue weighted by Gasteiger charge is 2.28. The SMILES string of the molecule is CN1CCN(CC(=O)NC2CCc3nn(Cc4ccc(F)cc4)c(=O)n3CC2)C1=O. The van der Waals surface area contributed by atoms with Crippen LogP contribution in [-0.4, -0.2) is 68.8 Å². The number of hydrogen-bond acceptors (Lipinski definition) is 4. The van der Waals surface area contributed by atoms with Crippen molar-refractivity contribution in [3.8, 4) is 0 Å². The number of aryl methyl sites for hydroxylation is 1. The van der Waals surface area contributed by atoms with Gasteiger partial charge >= 0.3 is 11.7 Å². The van der Waals surface area contributed by atoms with Crippen molar-refractivity contribution in [2.24, 2.45) is 0 Å². The molecule has 10 heteroatoms. The smallest absolute Gasteiger partial charge is 0.346 e. The molecule has 0 radical (unpaired) electrons. The fourth-order valence-electron chi connectivity index (χ4n) is 3.93. The van der Waals surface area contributed by atoms with Crippen LogP contribution in [0.15, 0.2) is 29.1 Å². The maximum atomic E-state index is 13.1. The van der Waals surface area contributed by atoms with Crippen molar-refractivity contribution in [3.05, 3.63) is 52.0 Å². The minimum absolute atomic E-state index is 0.0503. The largest absolute Gasteiger partial charge is 0.352 e. The van der Waals surface area contributed by atoms with Crippen LogP contribution in [-0.2, 0) is 24.3 Å². The van der Waals surface area contributed by atoms with Gasteiger partial charge in [-0.1, -0.05) is 12.1 Å². The van der Waals surface area contributed by atoms with Crippen LogP contribution in [0.2, 0.25) is 0 Å². The molecule has 1 aromatic heterocycles. The van der Waals surface area contributed by atoms with Crippen molar-refractivity contribution in [2.45, 2.75) is 38.4 Å². The van der Waals surface area contributed by atoms with Crippen molar-refractivity contribution in [2.75, 3.05) is 26.7 Å². The molecule has 3 amide bonds. The number of benzene rings is 1. The van der Waals surface area contributed by atoms with Gasteiger partial charge in [-0.05, 0) is 30.5 Å². The molecule has 1 aromatic carbocycles. The Morgan fingerprint density at radius 1 is 1.17 bits per heavy atom. The first kappa shape index (κ1) is 20.1. The Bertz CT molecular complexity index is 999. The molecule has 4 rings (SSSR count). The number of halogens is 1. The predicted molar refractivity (Wildman–Crippen MR) is 106 cm³/mol. The molecule has 1 unspecified atom stereocenters. The standard InChI is InChI=1S/C20H25FN6O3/c1-24-10-11-25(19(24)29)13-18(28)22-16-6-7-17-23-27(20(30)26(17)9-8-16)12-14-2-4-15(21)5-3-14/h2-5,16H,6-13H2,1H3,(H,22,28). The van der Waals surface area contributed by atoms with Gasteiger partial charge in [-0.3, -0.25) is 9.36 Å². The third kappa shape index (κ3) is 4.22. The van der Waals surface area contributed by atoms with Gasteiger partial charge in [-0.2, -0.15) is 5.10 Å². The summed E-state index contributed by atoms with van der Waals surface area (Å²) in [6.07, 6.45) is 1.86. The Morgan fingerprint density at radius 2 is 1.93 bits per heavy atom. The van der Waals surface area contributed by atoms with Crippen molar-refractivity contribution in [1.29, 1.82) is 0 Å². The molecule has 1 N–H and O–H groups in total. The third-order valence-electron chi connectivity index (χ3n) is 5.66. The quantitative estimate of drug-likeness (QED) is 0.765. The number of rotatable bonds is 5. The van der Waals surface area contributed by atoms with Crippen molar-refractivity contribution in [1.82, 2.24) is 29.5 Å². The molecule has 0 spiro atoms. The van der Waals surface area contributed by atoms with Crippen LogP contribution in [0.25, 0.3) is 0 Å². The molecule has 0 saturated carbocycles. The van der Waals surface area contributed by atoms with Crippen LogP contribution in [0, 0.1) is 5.82 Å². The lowest BCUT2D eigenvalue weighted by molar-refractivity contribution is -0.122. The second-order valence-electron chi connectivity index (χ2n) is 7.85. The maximum absolute atomic E-state index is 13.1. The molecular formula is C20H25FN6O3. The van der Waals surface area contributed by atoms with Gasteiger partial charge < -0.3 is 15.1 Å². The molecule has 0 aliphatic carbocycles. The summed E-state index contributed by atoms with van der Waals surface area (Å²) < 4.78 is 16.1. The van der Waals surface area contributed by atoms with Crippen LogP contribution in [0.4, 0.5) is 9.18 Å². The molecule has 0 bridgehead atoms. The first-order valence-corrected chi connectivity index (χ1v) is 10.1. The molecule has 1 atom stereocenters. The molecule has 1 saturated heterocycles. The lowest BCUT2D eigenvalue weighted by Gasteiger charge is -2.19. The number of urea groups is 1. The van der Waals surface area contributed by atoms with Crippen LogP contribution < -0.4 is 11.0 Å². The summed E-state index contributed by atoms with van der Waals surface area (Å²) in [5.74, 6) is 0.188. The van der Waals surface area contributed by atoms with Crippen LogP contribution >= 0.6 is 0 Å². The van der Waals surface area contributed by atoms with Gasteiger partial charge in [0, 0.05) is 39.1 Å². The minimum Gasteiger partial charge on any atom is -0.352 e. The fraction of sp³-hybridized carbons (Fsp3) is 0.500. The summed E-state index contributed by atoms with van der Waals surface area (Å²) in [5, 5.41) is 7.43. The molecule has 2 aliphatic rings. The number of carbonyl (C=O) groups is 2. The number of carbonyl (C=O) groups excluding carboxylic acids is 2. The minimum atomic E-state index is -0.319. The third-order valence-corrected chi connectivity index (χ3v) is 5.66. The second kappa shape index (κ2) is 8.29. The average Bonchev–Trinajstić information content (AvgIpc) is 3.10. The molecule has 30 heavy (non-hydrogen) atoms. The number of hydrogen-bond donors (Lipinski definition) is 1. The number of fused-ring (bicyclic) bond motifs is 1. The summed E-state index contributed by atoms with van der Waals surface area (Å²) >= 11 is 0. The zero-order valence-corrected chi connectivity index (χ0v) is 16.9. The van der Waals surface area contributed by atoms with Crippen molar-refractivity contribution < 1.29 is 14.0 Å². The van der Waals surface area contributed by atoms with Gasteiger partial charge in [0.2, 0.25) is 5.91 Å². The molecule has 3 heterocycles. The summed E-state index contributed by atoms with van der Waals surface area (Å²) in [4.78, 5) is 40.1. The zero-order chi connectivity index (χ0) is 21.3. The molecule has 1 fully saturated rings. The monoisotopic (exact) mass is 416 g/mol. The van der Waals surface area contributed by atoms with E-state index in [9.17, 15) is 18.8 Å². The summed E-state index contributed by atoms with van der Waals surface area (Å²) in [7, 11) is 1.72. The Hall–Kier alpha value is -3.17. The molecule has 2 aliphatic heterocycles. The Kier molecular flexibility index (Phi) is 5.56. The maximum Gasteiger partial charge on any atom is 0.346 e. The van der Waals surface area contributed by atoms with Crippen LogP contribution in [0.3, 0.4) is 0 Å². The Labute approximate surface area is 173 Å². The molecule has 160 valence electrons. The van der Waals surface area contributed by atoms with Crippen molar-refractivity contribution in [3.63, 3.8) is 0 Å². The normalized spacial score (nSPS) is 19.0. The molecule has 2 aromatic rings. The Balaban J connectivity index is 1.35. The lowest BCUT2D eigenvalue weighted by Crippen LogP contribution is -2.43. The van der Waals surface area contributed by atoms with Gasteiger partial charge in [-0.15, -0.1) is 0 Å². The molecule has 9 nitrogen and oxygen atoms in total. The van der Waals surface area contributed by atoms with E-state index in [0.29, 0.717) is 44.7 Å². The first-order chi connectivity index (χ1) is 14.4.